The molecule has 1 atom stereocenters. The summed E-state index contributed by atoms with van der Waals surface area (Å²) < 4.78 is 14.0. The highest BCUT2D eigenvalue weighted by Gasteiger charge is 2.24. The fraction of sp³-hybridized carbons (Fsp3) is 0.214. The van der Waals surface area contributed by atoms with E-state index in [2.05, 4.69) is 10.3 Å². The third-order valence-corrected chi connectivity index (χ3v) is 3.15. The van der Waals surface area contributed by atoms with Crippen molar-refractivity contribution in [2.45, 2.75) is 19.4 Å². The van der Waals surface area contributed by atoms with Crippen molar-refractivity contribution in [2.24, 2.45) is 10.9 Å². The van der Waals surface area contributed by atoms with Gasteiger partial charge in [-0.2, -0.15) is 5.10 Å². The van der Waals surface area contributed by atoms with Crippen LogP contribution in [0.1, 0.15) is 24.9 Å². The number of nitro groups is 1. The zero-order valence-electron chi connectivity index (χ0n) is 12.6. The number of halogens is 1. The minimum Gasteiger partial charge on any atom is -0.380 e. The Labute approximate surface area is 135 Å². The SMILES string of the molecule is CCC(C(=O)O/N=C(\N)c1ccc(F)cc1)n1cc([N+](=O)[O-])cn1. The van der Waals surface area contributed by atoms with Crippen LogP contribution in [0, 0.1) is 15.9 Å². The molecular weight excluding hydrogens is 321 g/mol. The van der Waals surface area contributed by atoms with Crippen molar-refractivity contribution in [3.8, 4) is 0 Å². The Morgan fingerprint density at radius 1 is 1.50 bits per heavy atom. The van der Waals surface area contributed by atoms with Gasteiger partial charge in [-0.3, -0.25) is 14.8 Å². The van der Waals surface area contributed by atoms with Gasteiger partial charge in [0.1, 0.15) is 18.2 Å². The lowest BCUT2D eigenvalue weighted by atomic mass is 10.2. The van der Waals surface area contributed by atoms with Gasteiger partial charge in [0, 0.05) is 5.56 Å². The normalized spacial score (nSPS) is 12.7. The van der Waals surface area contributed by atoms with Crippen LogP contribution in [0.25, 0.3) is 0 Å². The maximum Gasteiger partial charge on any atom is 0.359 e. The van der Waals surface area contributed by atoms with E-state index in [0.717, 1.165) is 17.1 Å². The number of nitrogens with two attached hydrogens (primary N) is 1. The monoisotopic (exact) mass is 335 g/mol. The lowest BCUT2D eigenvalue weighted by Crippen LogP contribution is -2.22. The Morgan fingerprint density at radius 2 is 2.17 bits per heavy atom. The molecule has 2 aromatic rings. The molecule has 0 bridgehead atoms. The van der Waals surface area contributed by atoms with E-state index in [4.69, 9.17) is 10.6 Å². The Bertz CT molecular complexity index is 772. The number of hydrogen-bond donors (Lipinski definition) is 1. The van der Waals surface area contributed by atoms with Crippen molar-refractivity contribution >= 4 is 17.5 Å². The van der Waals surface area contributed by atoms with Crippen LogP contribution in [0.5, 0.6) is 0 Å². The average Bonchev–Trinajstić information content (AvgIpc) is 3.04. The quantitative estimate of drug-likeness (QED) is 0.282. The second-order valence-electron chi connectivity index (χ2n) is 4.75. The molecule has 2 N–H and O–H groups in total. The first kappa shape index (κ1) is 17.1. The fourth-order valence-electron chi connectivity index (χ4n) is 1.88. The zero-order chi connectivity index (χ0) is 17.7. The van der Waals surface area contributed by atoms with Crippen molar-refractivity contribution in [3.05, 3.63) is 58.2 Å². The van der Waals surface area contributed by atoms with Crippen LogP contribution in [0.4, 0.5) is 10.1 Å². The third-order valence-electron chi connectivity index (χ3n) is 3.15. The van der Waals surface area contributed by atoms with Gasteiger partial charge in [0.25, 0.3) is 0 Å². The van der Waals surface area contributed by atoms with E-state index >= 15 is 0 Å². The second-order valence-corrected chi connectivity index (χ2v) is 4.75. The van der Waals surface area contributed by atoms with Crippen molar-refractivity contribution in [1.29, 1.82) is 0 Å². The van der Waals surface area contributed by atoms with Crippen LogP contribution in [0.15, 0.2) is 41.8 Å². The first-order chi connectivity index (χ1) is 11.4. The molecule has 0 aliphatic carbocycles. The smallest absolute Gasteiger partial charge is 0.359 e. The second kappa shape index (κ2) is 7.31. The van der Waals surface area contributed by atoms with E-state index in [1.807, 2.05) is 0 Å². The number of rotatable bonds is 6. The highest BCUT2D eigenvalue weighted by Crippen LogP contribution is 2.17. The molecule has 10 heteroatoms. The molecule has 0 spiro atoms. The van der Waals surface area contributed by atoms with E-state index < -0.39 is 22.8 Å². The molecule has 0 radical (unpaired) electrons. The van der Waals surface area contributed by atoms with E-state index in [0.29, 0.717) is 5.56 Å². The van der Waals surface area contributed by atoms with Crippen LogP contribution in [-0.2, 0) is 9.63 Å². The van der Waals surface area contributed by atoms with Crippen LogP contribution in [0.3, 0.4) is 0 Å². The van der Waals surface area contributed by atoms with Gasteiger partial charge < -0.3 is 10.6 Å². The van der Waals surface area contributed by atoms with E-state index in [-0.39, 0.29) is 17.9 Å². The number of aromatic nitrogens is 2. The van der Waals surface area contributed by atoms with Crippen LogP contribution in [0.2, 0.25) is 0 Å². The molecule has 1 aromatic carbocycles. The summed E-state index contributed by atoms with van der Waals surface area (Å²) in [6, 6.07) is 4.27. The van der Waals surface area contributed by atoms with E-state index in [1.54, 1.807) is 6.92 Å². The number of amidine groups is 1. The number of carbonyl (C=O) groups is 1. The van der Waals surface area contributed by atoms with Crippen molar-refractivity contribution in [1.82, 2.24) is 9.78 Å². The summed E-state index contributed by atoms with van der Waals surface area (Å²) in [7, 11) is 0. The lowest BCUT2D eigenvalue weighted by Gasteiger charge is -2.11. The summed E-state index contributed by atoms with van der Waals surface area (Å²) in [5, 5.41) is 17.9. The van der Waals surface area contributed by atoms with Gasteiger partial charge >= 0.3 is 11.7 Å². The summed E-state index contributed by atoms with van der Waals surface area (Å²) in [6.07, 6.45) is 2.44. The largest absolute Gasteiger partial charge is 0.380 e. The summed E-state index contributed by atoms with van der Waals surface area (Å²) in [5.74, 6) is -1.32. The van der Waals surface area contributed by atoms with Crippen molar-refractivity contribution in [2.75, 3.05) is 0 Å². The number of oxime groups is 1. The molecule has 0 amide bonds. The molecule has 126 valence electrons. The van der Waals surface area contributed by atoms with Gasteiger partial charge in [-0.1, -0.05) is 12.1 Å². The summed E-state index contributed by atoms with van der Waals surface area (Å²) in [5.41, 5.74) is 5.80. The Morgan fingerprint density at radius 3 is 2.71 bits per heavy atom. The van der Waals surface area contributed by atoms with Crippen LogP contribution < -0.4 is 5.73 Å². The molecule has 0 fully saturated rings. The van der Waals surface area contributed by atoms with Gasteiger partial charge in [-0.25, -0.2) is 9.18 Å². The third kappa shape index (κ3) is 3.91. The molecule has 9 nitrogen and oxygen atoms in total. The molecule has 0 saturated carbocycles. The summed E-state index contributed by atoms with van der Waals surface area (Å²) in [4.78, 5) is 26.9. The Balaban J connectivity index is 2.09. The molecule has 0 aliphatic heterocycles. The lowest BCUT2D eigenvalue weighted by molar-refractivity contribution is -0.385. The molecule has 0 aliphatic rings. The highest BCUT2D eigenvalue weighted by molar-refractivity contribution is 5.97. The summed E-state index contributed by atoms with van der Waals surface area (Å²) in [6.45, 7) is 1.69. The average molecular weight is 335 g/mol. The van der Waals surface area contributed by atoms with Crippen LogP contribution in [-0.4, -0.2) is 26.5 Å². The van der Waals surface area contributed by atoms with Gasteiger partial charge in [0.2, 0.25) is 0 Å². The van der Waals surface area contributed by atoms with E-state index in [1.165, 1.54) is 24.3 Å². The van der Waals surface area contributed by atoms with Crippen molar-refractivity contribution < 1.29 is 18.9 Å². The molecule has 24 heavy (non-hydrogen) atoms. The number of nitrogens with zero attached hydrogens (tertiary/aromatic N) is 4. The van der Waals surface area contributed by atoms with Crippen LogP contribution >= 0.6 is 0 Å². The van der Waals surface area contributed by atoms with E-state index in [9.17, 15) is 19.3 Å². The topological polar surface area (TPSA) is 126 Å². The fourth-order valence-corrected chi connectivity index (χ4v) is 1.88. The first-order valence-corrected chi connectivity index (χ1v) is 6.91. The van der Waals surface area contributed by atoms with Gasteiger partial charge in [-0.15, -0.1) is 0 Å². The predicted molar refractivity (Wildman–Crippen MR) is 81.4 cm³/mol. The standard InChI is InChI=1S/C14H14FN5O4/c1-2-12(19-8-11(7-17-19)20(22)23)14(21)24-18-13(16)9-3-5-10(15)6-4-9/h3-8,12H,2H2,1H3,(H2,16,18). The molecule has 1 unspecified atom stereocenters. The summed E-state index contributed by atoms with van der Waals surface area (Å²) >= 11 is 0. The minimum atomic E-state index is -0.886. The minimum absolute atomic E-state index is 0.107. The zero-order valence-corrected chi connectivity index (χ0v) is 12.6. The highest BCUT2D eigenvalue weighted by atomic mass is 19.1. The maximum absolute atomic E-state index is 12.8. The van der Waals surface area contributed by atoms with Gasteiger partial charge in [0.05, 0.1) is 4.92 Å². The maximum atomic E-state index is 12.8. The molecule has 0 saturated heterocycles. The number of benzene rings is 1. The Hall–Kier alpha value is -3.30. The van der Waals surface area contributed by atoms with Crippen molar-refractivity contribution in [3.63, 3.8) is 0 Å². The molecular formula is C14H14FN5O4. The molecule has 2 rings (SSSR count). The van der Waals surface area contributed by atoms with Gasteiger partial charge in [0.15, 0.2) is 11.9 Å². The number of hydrogen-bond acceptors (Lipinski definition) is 6. The molecule has 1 heterocycles. The first-order valence-electron chi connectivity index (χ1n) is 6.91. The Kier molecular flexibility index (Phi) is 5.20. The van der Waals surface area contributed by atoms with Gasteiger partial charge in [-0.05, 0) is 30.7 Å². The number of carbonyl (C=O) groups excluding carboxylic acids is 1. The predicted octanol–water partition coefficient (Wildman–Crippen LogP) is 1.75. The molecule has 1 aromatic heterocycles.